The quantitative estimate of drug-likeness (QED) is 0.750. The van der Waals surface area contributed by atoms with E-state index in [0.29, 0.717) is 6.61 Å². The summed E-state index contributed by atoms with van der Waals surface area (Å²) in [6.45, 7) is 7.93. The lowest BCUT2D eigenvalue weighted by Gasteiger charge is -2.06. The van der Waals surface area contributed by atoms with Gasteiger partial charge in [-0.1, -0.05) is 13.8 Å². The van der Waals surface area contributed by atoms with Crippen LogP contribution in [0.25, 0.3) is 0 Å². The van der Waals surface area contributed by atoms with Crippen LogP contribution in [-0.4, -0.2) is 16.4 Å². The second-order valence-electron chi connectivity index (χ2n) is 4.56. The van der Waals surface area contributed by atoms with Crippen LogP contribution in [0.15, 0.2) is 4.47 Å². The van der Waals surface area contributed by atoms with Gasteiger partial charge in [-0.15, -0.1) is 0 Å². The first-order chi connectivity index (χ1) is 7.52. The standard InChI is InChI=1S/C12H21BrN2O/c1-9(2)6-5-7-16-8-11-12(13)10(3)14-15(11)4/h9H,5-8H2,1-4H3. The van der Waals surface area contributed by atoms with E-state index in [-0.39, 0.29) is 0 Å². The van der Waals surface area contributed by atoms with Crippen LogP contribution < -0.4 is 0 Å². The number of halogens is 1. The van der Waals surface area contributed by atoms with Crippen molar-refractivity contribution >= 4 is 15.9 Å². The predicted molar refractivity (Wildman–Crippen MR) is 69.4 cm³/mol. The Morgan fingerprint density at radius 1 is 1.44 bits per heavy atom. The molecule has 0 aliphatic carbocycles. The van der Waals surface area contributed by atoms with E-state index in [9.17, 15) is 0 Å². The van der Waals surface area contributed by atoms with E-state index in [1.165, 1.54) is 6.42 Å². The molecule has 0 fully saturated rings. The highest BCUT2D eigenvalue weighted by Crippen LogP contribution is 2.20. The Balaban J connectivity index is 2.32. The van der Waals surface area contributed by atoms with Gasteiger partial charge in [0.25, 0.3) is 0 Å². The third-order valence-corrected chi connectivity index (χ3v) is 3.60. The maximum absolute atomic E-state index is 5.65. The lowest BCUT2D eigenvalue weighted by molar-refractivity contribution is 0.109. The Labute approximate surface area is 106 Å². The molecule has 0 N–H and O–H groups in total. The minimum Gasteiger partial charge on any atom is -0.375 e. The van der Waals surface area contributed by atoms with Crippen molar-refractivity contribution in [2.24, 2.45) is 13.0 Å². The van der Waals surface area contributed by atoms with E-state index in [0.717, 1.165) is 34.8 Å². The molecule has 1 aromatic heterocycles. The molecule has 0 radical (unpaired) electrons. The summed E-state index contributed by atoms with van der Waals surface area (Å²) in [6.07, 6.45) is 2.36. The summed E-state index contributed by atoms with van der Waals surface area (Å²) in [5.74, 6) is 0.759. The Morgan fingerprint density at radius 2 is 2.12 bits per heavy atom. The predicted octanol–water partition coefficient (Wildman–Crippen LogP) is 3.44. The Morgan fingerprint density at radius 3 is 2.62 bits per heavy atom. The normalized spacial score (nSPS) is 11.4. The molecule has 92 valence electrons. The van der Waals surface area contributed by atoms with Gasteiger partial charge >= 0.3 is 0 Å². The first-order valence-corrected chi connectivity index (χ1v) is 6.57. The number of ether oxygens (including phenoxy) is 1. The second-order valence-corrected chi connectivity index (χ2v) is 5.35. The number of hydrogen-bond acceptors (Lipinski definition) is 2. The van der Waals surface area contributed by atoms with E-state index >= 15 is 0 Å². The van der Waals surface area contributed by atoms with Crippen molar-refractivity contribution in [3.63, 3.8) is 0 Å². The van der Waals surface area contributed by atoms with Crippen LogP contribution in [0.5, 0.6) is 0 Å². The van der Waals surface area contributed by atoms with Crippen LogP contribution >= 0.6 is 15.9 Å². The van der Waals surface area contributed by atoms with Crippen molar-refractivity contribution < 1.29 is 4.74 Å². The summed E-state index contributed by atoms with van der Waals surface area (Å²) in [6, 6.07) is 0. The lowest BCUT2D eigenvalue weighted by atomic mass is 10.1. The van der Waals surface area contributed by atoms with Gasteiger partial charge in [0, 0.05) is 13.7 Å². The van der Waals surface area contributed by atoms with Gasteiger partial charge in [-0.3, -0.25) is 4.68 Å². The third kappa shape index (κ3) is 3.91. The largest absolute Gasteiger partial charge is 0.375 e. The van der Waals surface area contributed by atoms with Gasteiger partial charge in [-0.2, -0.15) is 5.10 Å². The zero-order valence-electron chi connectivity index (χ0n) is 10.6. The first kappa shape index (κ1) is 13.7. The van der Waals surface area contributed by atoms with Crippen LogP contribution in [0.1, 0.15) is 38.1 Å². The first-order valence-electron chi connectivity index (χ1n) is 5.78. The molecule has 1 rings (SSSR count). The molecular formula is C12H21BrN2O. The van der Waals surface area contributed by atoms with E-state index in [2.05, 4.69) is 34.9 Å². The zero-order chi connectivity index (χ0) is 12.1. The Hall–Kier alpha value is -0.350. The maximum Gasteiger partial charge on any atom is 0.0896 e. The fourth-order valence-corrected chi connectivity index (χ4v) is 2.05. The van der Waals surface area contributed by atoms with E-state index in [1.807, 2.05) is 18.7 Å². The number of hydrogen-bond donors (Lipinski definition) is 0. The molecule has 0 bridgehead atoms. The summed E-state index contributed by atoms with van der Waals surface area (Å²) in [5, 5.41) is 4.33. The van der Waals surface area contributed by atoms with Gasteiger partial charge < -0.3 is 4.74 Å². The minimum absolute atomic E-state index is 0.635. The average Bonchev–Trinajstić information content (AvgIpc) is 2.43. The smallest absolute Gasteiger partial charge is 0.0896 e. The van der Waals surface area contributed by atoms with E-state index in [1.54, 1.807) is 0 Å². The Kier molecular flexibility index (Phi) is 5.49. The van der Waals surface area contributed by atoms with Crippen molar-refractivity contribution in [2.45, 2.75) is 40.2 Å². The second kappa shape index (κ2) is 6.40. The van der Waals surface area contributed by atoms with Gasteiger partial charge in [-0.25, -0.2) is 0 Å². The summed E-state index contributed by atoms with van der Waals surface area (Å²) in [5.41, 5.74) is 2.13. The molecule has 0 atom stereocenters. The van der Waals surface area contributed by atoms with Crippen molar-refractivity contribution in [3.05, 3.63) is 15.9 Å². The number of rotatable bonds is 6. The lowest BCUT2D eigenvalue weighted by Crippen LogP contribution is -2.03. The number of nitrogens with zero attached hydrogens (tertiary/aromatic N) is 2. The van der Waals surface area contributed by atoms with Gasteiger partial charge in [0.1, 0.15) is 0 Å². The molecule has 0 spiro atoms. The topological polar surface area (TPSA) is 27.1 Å². The molecule has 0 aliphatic rings. The Bertz CT molecular complexity index is 334. The molecule has 0 unspecified atom stereocenters. The summed E-state index contributed by atoms with van der Waals surface area (Å²) in [4.78, 5) is 0. The van der Waals surface area contributed by atoms with E-state index in [4.69, 9.17) is 4.74 Å². The van der Waals surface area contributed by atoms with Gasteiger partial charge in [0.2, 0.25) is 0 Å². The highest BCUT2D eigenvalue weighted by Gasteiger charge is 2.10. The average molecular weight is 289 g/mol. The maximum atomic E-state index is 5.65. The fraction of sp³-hybridized carbons (Fsp3) is 0.750. The number of aromatic nitrogens is 2. The SMILES string of the molecule is Cc1nn(C)c(COCCCC(C)C)c1Br. The van der Waals surface area contributed by atoms with Crippen LogP contribution in [0.4, 0.5) is 0 Å². The monoisotopic (exact) mass is 288 g/mol. The minimum atomic E-state index is 0.635. The highest BCUT2D eigenvalue weighted by atomic mass is 79.9. The summed E-state index contributed by atoms with van der Waals surface area (Å²) >= 11 is 3.53. The molecule has 0 saturated carbocycles. The number of aryl methyl sites for hydroxylation is 2. The van der Waals surface area contributed by atoms with Gasteiger partial charge in [0.05, 0.1) is 22.5 Å². The van der Waals surface area contributed by atoms with Crippen molar-refractivity contribution in [1.29, 1.82) is 0 Å². The summed E-state index contributed by atoms with van der Waals surface area (Å²) < 4.78 is 8.60. The summed E-state index contributed by atoms with van der Waals surface area (Å²) in [7, 11) is 1.95. The molecule has 3 nitrogen and oxygen atoms in total. The molecule has 0 aromatic carbocycles. The van der Waals surface area contributed by atoms with Crippen molar-refractivity contribution in [1.82, 2.24) is 9.78 Å². The third-order valence-electron chi connectivity index (χ3n) is 2.57. The van der Waals surface area contributed by atoms with Crippen molar-refractivity contribution in [3.8, 4) is 0 Å². The van der Waals surface area contributed by atoms with Crippen LogP contribution in [-0.2, 0) is 18.4 Å². The molecule has 1 heterocycles. The van der Waals surface area contributed by atoms with Gasteiger partial charge in [-0.05, 0) is 41.6 Å². The fourth-order valence-electron chi connectivity index (χ4n) is 1.60. The molecule has 0 amide bonds. The molecule has 4 heteroatoms. The molecular weight excluding hydrogens is 268 g/mol. The highest BCUT2D eigenvalue weighted by molar-refractivity contribution is 9.10. The van der Waals surface area contributed by atoms with Crippen molar-refractivity contribution in [2.75, 3.05) is 6.61 Å². The van der Waals surface area contributed by atoms with Crippen LogP contribution in [0, 0.1) is 12.8 Å². The van der Waals surface area contributed by atoms with Crippen LogP contribution in [0.2, 0.25) is 0 Å². The van der Waals surface area contributed by atoms with Gasteiger partial charge in [0.15, 0.2) is 0 Å². The van der Waals surface area contributed by atoms with Crippen LogP contribution in [0.3, 0.4) is 0 Å². The molecule has 0 saturated heterocycles. The van der Waals surface area contributed by atoms with E-state index < -0.39 is 0 Å². The zero-order valence-corrected chi connectivity index (χ0v) is 12.2. The molecule has 0 aliphatic heterocycles. The molecule has 16 heavy (non-hydrogen) atoms. The molecule has 1 aromatic rings.